The van der Waals surface area contributed by atoms with Crippen LogP contribution in [0.1, 0.15) is 27.0 Å². The van der Waals surface area contributed by atoms with E-state index >= 15 is 0 Å². The molecule has 0 aliphatic rings. The number of aryl methyl sites for hydroxylation is 1. The number of amides is 2. The normalized spacial score (nSPS) is 10.9. The highest BCUT2D eigenvalue weighted by Gasteiger charge is 2.15. The van der Waals surface area contributed by atoms with Gasteiger partial charge >= 0.3 is 0 Å². The predicted molar refractivity (Wildman–Crippen MR) is 116 cm³/mol. The van der Waals surface area contributed by atoms with Crippen molar-refractivity contribution in [3.8, 4) is 0 Å². The van der Waals surface area contributed by atoms with Crippen LogP contribution in [0.5, 0.6) is 0 Å². The van der Waals surface area contributed by atoms with Crippen molar-refractivity contribution >= 4 is 23.6 Å². The molecule has 0 atom stereocenters. The van der Waals surface area contributed by atoms with Gasteiger partial charge in [-0.15, -0.1) is 0 Å². The van der Waals surface area contributed by atoms with Crippen LogP contribution in [0, 0.1) is 17.0 Å². The average molecular weight is 416 g/mol. The van der Waals surface area contributed by atoms with E-state index in [0.717, 1.165) is 11.1 Å². The number of nitrogens with one attached hydrogen (secondary N) is 2. The monoisotopic (exact) mass is 416 g/mol. The van der Waals surface area contributed by atoms with E-state index in [1.165, 1.54) is 30.3 Å². The molecule has 0 saturated carbocycles. The van der Waals surface area contributed by atoms with Crippen LogP contribution < -0.4 is 10.6 Å². The molecule has 156 valence electrons. The quantitative estimate of drug-likeness (QED) is 0.348. The second-order valence-electron chi connectivity index (χ2n) is 6.76. The lowest BCUT2D eigenvalue weighted by Crippen LogP contribution is -2.34. The van der Waals surface area contributed by atoms with Gasteiger partial charge in [0.05, 0.1) is 4.92 Å². The van der Waals surface area contributed by atoms with Crippen LogP contribution in [0.3, 0.4) is 0 Å². The molecule has 3 rings (SSSR count). The zero-order chi connectivity index (χ0) is 22.2. The molecule has 0 spiro atoms. The second-order valence-corrected chi connectivity index (χ2v) is 6.76. The van der Waals surface area contributed by atoms with Gasteiger partial charge in [-0.05, 0) is 60.5 Å². The molecule has 1 heterocycles. The molecule has 1 aromatic heterocycles. The molecule has 31 heavy (non-hydrogen) atoms. The van der Waals surface area contributed by atoms with Crippen molar-refractivity contribution < 1.29 is 14.5 Å². The van der Waals surface area contributed by atoms with E-state index in [-0.39, 0.29) is 17.9 Å². The van der Waals surface area contributed by atoms with Gasteiger partial charge in [-0.1, -0.05) is 17.7 Å². The summed E-state index contributed by atoms with van der Waals surface area (Å²) < 4.78 is 0. The van der Waals surface area contributed by atoms with Crippen molar-refractivity contribution in [3.63, 3.8) is 0 Å². The van der Waals surface area contributed by atoms with Gasteiger partial charge in [-0.25, -0.2) is 0 Å². The lowest BCUT2D eigenvalue weighted by molar-refractivity contribution is -0.384. The number of rotatable bonds is 7. The first-order valence-corrected chi connectivity index (χ1v) is 9.43. The standard InChI is InChI=1S/C23H20N4O4/c1-16-2-6-19(7-3-16)22(28)26-21(14-17-4-8-20(9-5-17)27(30)31)23(29)25-15-18-10-12-24-13-11-18/h2-14H,15H2,1H3,(H,25,29)(H,26,28). The highest BCUT2D eigenvalue weighted by Crippen LogP contribution is 2.14. The minimum Gasteiger partial charge on any atom is -0.347 e. The van der Waals surface area contributed by atoms with Crippen molar-refractivity contribution in [3.05, 3.63) is 111 Å². The van der Waals surface area contributed by atoms with Crippen LogP contribution in [0.25, 0.3) is 6.08 Å². The summed E-state index contributed by atoms with van der Waals surface area (Å²) in [7, 11) is 0. The largest absolute Gasteiger partial charge is 0.347 e. The first-order valence-electron chi connectivity index (χ1n) is 9.43. The Balaban J connectivity index is 1.82. The van der Waals surface area contributed by atoms with E-state index in [1.54, 1.807) is 48.8 Å². The summed E-state index contributed by atoms with van der Waals surface area (Å²) >= 11 is 0. The first kappa shape index (κ1) is 21.4. The molecule has 0 fully saturated rings. The number of nitro benzene ring substituents is 1. The van der Waals surface area contributed by atoms with E-state index in [1.807, 2.05) is 6.92 Å². The predicted octanol–water partition coefficient (Wildman–Crippen LogP) is 3.39. The summed E-state index contributed by atoms with van der Waals surface area (Å²) in [5, 5.41) is 16.2. The van der Waals surface area contributed by atoms with Crippen molar-refractivity contribution in [2.75, 3.05) is 0 Å². The Hall–Kier alpha value is -4.33. The van der Waals surface area contributed by atoms with Gasteiger partial charge in [0.15, 0.2) is 0 Å². The Morgan fingerprint density at radius 1 is 1.00 bits per heavy atom. The maximum atomic E-state index is 12.8. The molecule has 2 amide bonds. The Kier molecular flexibility index (Phi) is 6.85. The molecule has 8 heteroatoms. The number of aromatic nitrogens is 1. The van der Waals surface area contributed by atoms with Crippen LogP contribution in [0.2, 0.25) is 0 Å². The molecule has 0 unspecified atom stereocenters. The minimum atomic E-state index is -0.505. The number of nitrogens with zero attached hydrogens (tertiary/aromatic N) is 2. The summed E-state index contributed by atoms with van der Waals surface area (Å²) in [5.41, 5.74) is 2.75. The molecule has 0 bridgehead atoms. The SMILES string of the molecule is Cc1ccc(C(=O)NC(=Cc2ccc([N+](=O)[O-])cc2)C(=O)NCc2ccncc2)cc1. The Bertz CT molecular complexity index is 1110. The van der Waals surface area contributed by atoms with Gasteiger partial charge in [0.2, 0.25) is 0 Å². The fourth-order valence-corrected chi connectivity index (χ4v) is 2.69. The third-order valence-electron chi connectivity index (χ3n) is 4.42. The van der Waals surface area contributed by atoms with E-state index in [0.29, 0.717) is 11.1 Å². The van der Waals surface area contributed by atoms with Gasteiger partial charge in [0.1, 0.15) is 5.70 Å². The third-order valence-corrected chi connectivity index (χ3v) is 4.42. The van der Waals surface area contributed by atoms with E-state index in [4.69, 9.17) is 0 Å². The number of benzene rings is 2. The maximum absolute atomic E-state index is 12.8. The number of hydrogen-bond donors (Lipinski definition) is 2. The summed E-state index contributed by atoms with van der Waals surface area (Å²) in [6.45, 7) is 2.16. The smallest absolute Gasteiger partial charge is 0.269 e. The summed E-state index contributed by atoms with van der Waals surface area (Å²) in [5.74, 6) is -0.928. The third kappa shape index (κ3) is 6.07. The van der Waals surface area contributed by atoms with E-state index in [2.05, 4.69) is 15.6 Å². The summed E-state index contributed by atoms with van der Waals surface area (Å²) in [4.78, 5) is 39.7. The number of hydrogen-bond acceptors (Lipinski definition) is 5. The molecule has 2 N–H and O–H groups in total. The Morgan fingerprint density at radius 3 is 2.26 bits per heavy atom. The van der Waals surface area contributed by atoms with Crippen molar-refractivity contribution in [1.82, 2.24) is 15.6 Å². The molecular weight excluding hydrogens is 396 g/mol. The molecule has 2 aromatic carbocycles. The Labute approximate surface area is 178 Å². The molecule has 0 saturated heterocycles. The fourth-order valence-electron chi connectivity index (χ4n) is 2.69. The fraction of sp³-hybridized carbons (Fsp3) is 0.0870. The molecule has 0 aliphatic heterocycles. The first-order chi connectivity index (χ1) is 14.9. The summed E-state index contributed by atoms with van der Waals surface area (Å²) in [6.07, 6.45) is 4.71. The number of nitro groups is 1. The molecule has 0 aliphatic carbocycles. The van der Waals surface area contributed by atoms with Crippen molar-refractivity contribution in [2.45, 2.75) is 13.5 Å². The van der Waals surface area contributed by atoms with Crippen LogP contribution in [-0.2, 0) is 11.3 Å². The average Bonchev–Trinajstić information content (AvgIpc) is 2.78. The number of carbonyl (C=O) groups excluding carboxylic acids is 2. The zero-order valence-corrected chi connectivity index (χ0v) is 16.7. The Morgan fingerprint density at radius 2 is 1.65 bits per heavy atom. The van der Waals surface area contributed by atoms with Gasteiger partial charge in [-0.3, -0.25) is 24.7 Å². The van der Waals surface area contributed by atoms with Gasteiger partial charge in [-0.2, -0.15) is 0 Å². The molecule has 3 aromatic rings. The lowest BCUT2D eigenvalue weighted by Gasteiger charge is -2.11. The zero-order valence-electron chi connectivity index (χ0n) is 16.7. The number of carbonyl (C=O) groups is 2. The highest BCUT2D eigenvalue weighted by molar-refractivity contribution is 6.05. The molecule has 8 nitrogen and oxygen atoms in total. The van der Waals surface area contributed by atoms with Crippen LogP contribution in [0.15, 0.2) is 78.8 Å². The van der Waals surface area contributed by atoms with Crippen LogP contribution in [-0.4, -0.2) is 21.7 Å². The van der Waals surface area contributed by atoms with Crippen LogP contribution in [0.4, 0.5) is 5.69 Å². The van der Waals surface area contributed by atoms with E-state index in [9.17, 15) is 19.7 Å². The van der Waals surface area contributed by atoms with Gasteiger partial charge < -0.3 is 10.6 Å². The van der Waals surface area contributed by atoms with Crippen molar-refractivity contribution in [1.29, 1.82) is 0 Å². The van der Waals surface area contributed by atoms with Crippen molar-refractivity contribution in [2.24, 2.45) is 0 Å². The van der Waals surface area contributed by atoms with Crippen LogP contribution >= 0.6 is 0 Å². The van der Waals surface area contributed by atoms with Gasteiger partial charge in [0, 0.05) is 36.6 Å². The lowest BCUT2D eigenvalue weighted by atomic mass is 10.1. The maximum Gasteiger partial charge on any atom is 0.269 e. The minimum absolute atomic E-state index is 0.0217. The topological polar surface area (TPSA) is 114 Å². The van der Waals surface area contributed by atoms with E-state index < -0.39 is 16.7 Å². The summed E-state index contributed by atoms with van der Waals surface area (Å²) in [6, 6.07) is 16.2. The number of pyridine rings is 1. The molecule has 0 radical (unpaired) electrons. The molecular formula is C23H20N4O4. The highest BCUT2D eigenvalue weighted by atomic mass is 16.6. The van der Waals surface area contributed by atoms with Gasteiger partial charge in [0.25, 0.3) is 17.5 Å². The number of non-ortho nitro benzene ring substituents is 1. The second kappa shape index (κ2) is 9.93.